The minimum atomic E-state index is -0.302. The molecule has 1 aromatic carbocycles. The Labute approximate surface area is 232 Å². The molecular formula is C29H35N7O4. The van der Waals surface area contributed by atoms with E-state index in [0.29, 0.717) is 44.1 Å². The van der Waals surface area contributed by atoms with E-state index in [-0.39, 0.29) is 29.0 Å². The maximum absolute atomic E-state index is 13.5. The first-order valence-electron chi connectivity index (χ1n) is 13.8. The zero-order valence-electron chi connectivity index (χ0n) is 23.1. The number of pyridine rings is 1. The number of piperidine rings is 1. The van der Waals surface area contributed by atoms with Crippen LogP contribution in [0.2, 0.25) is 0 Å². The quantitative estimate of drug-likeness (QED) is 0.463. The molecule has 0 bridgehead atoms. The molecule has 40 heavy (non-hydrogen) atoms. The first kappa shape index (κ1) is 26.0. The van der Waals surface area contributed by atoms with Crippen LogP contribution >= 0.6 is 0 Å². The van der Waals surface area contributed by atoms with Gasteiger partial charge < -0.3 is 29.7 Å². The van der Waals surface area contributed by atoms with Gasteiger partial charge in [-0.05, 0) is 49.1 Å². The third-order valence-electron chi connectivity index (χ3n) is 8.39. The Bertz CT molecular complexity index is 1500. The number of amides is 3. The van der Waals surface area contributed by atoms with Gasteiger partial charge in [-0.15, -0.1) is 0 Å². The van der Waals surface area contributed by atoms with Crippen LogP contribution in [0.5, 0.6) is 5.75 Å². The lowest BCUT2D eigenvalue weighted by molar-refractivity contribution is 0.0684. The lowest BCUT2D eigenvalue weighted by Crippen LogP contribution is -2.49. The van der Waals surface area contributed by atoms with Crippen LogP contribution < -0.4 is 20.5 Å². The maximum atomic E-state index is 13.5. The largest absolute Gasteiger partial charge is 0.497 e. The number of hydrogen-bond donors (Lipinski definition) is 3. The number of rotatable bonds is 4. The van der Waals surface area contributed by atoms with Crippen LogP contribution in [0.15, 0.2) is 41.3 Å². The normalized spacial score (nSPS) is 19.0. The number of anilines is 2. The molecule has 3 amide bonds. The topological polar surface area (TPSA) is 127 Å². The lowest BCUT2D eigenvalue weighted by Gasteiger charge is -2.39. The number of aromatic amines is 2. The fourth-order valence-corrected chi connectivity index (χ4v) is 6.31. The van der Waals surface area contributed by atoms with E-state index in [2.05, 4.69) is 39.2 Å². The summed E-state index contributed by atoms with van der Waals surface area (Å²) in [6.07, 6.45) is 4.04. The van der Waals surface area contributed by atoms with Crippen molar-refractivity contribution in [3.05, 3.63) is 69.3 Å². The number of H-pyrrole nitrogens is 2. The Morgan fingerprint density at radius 3 is 2.65 bits per heavy atom. The number of benzene rings is 1. The van der Waals surface area contributed by atoms with Gasteiger partial charge in [0.2, 0.25) is 5.56 Å². The van der Waals surface area contributed by atoms with E-state index in [0.717, 1.165) is 47.5 Å². The molecule has 0 atom stereocenters. The van der Waals surface area contributed by atoms with Gasteiger partial charge in [-0.3, -0.25) is 14.7 Å². The summed E-state index contributed by atoms with van der Waals surface area (Å²) in [4.78, 5) is 48.0. The molecule has 1 fully saturated rings. The highest BCUT2D eigenvalue weighted by atomic mass is 16.5. The number of urea groups is 1. The molecule has 11 heteroatoms. The molecule has 210 valence electrons. The second-order valence-corrected chi connectivity index (χ2v) is 11.5. The molecule has 3 aliphatic heterocycles. The summed E-state index contributed by atoms with van der Waals surface area (Å²) in [6, 6.07) is 8.88. The highest BCUT2D eigenvalue weighted by Crippen LogP contribution is 2.33. The number of methoxy groups -OCH3 is 1. The summed E-state index contributed by atoms with van der Waals surface area (Å²) in [5.74, 6) is 1.24. The van der Waals surface area contributed by atoms with E-state index in [1.54, 1.807) is 24.3 Å². The lowest BCUT2D eigenvalue weighted by atomic mass is 9.83. The molecule has 0 aliphatic carbocycles. The Morgan fingerprint density at radius 1 is 1.07 bits per heavy atom. The number of nitrogens with zero attached hydrogens (tertiary/aromatic N) is 4. The molecule has 11 nitrogen and oxygen atoms in total. The third kappa shape index (κ3) is 4.80. The van der Waals surface area contributed by atoms with Crippen LogP contribution in [-0.2, 0) is 18.4 Å². The zero-order valence-corrected chi connectivity index (χ0v) is 23.1. The van der Waals surface area contributed by atoms with Crippen molar-refractivity contribution in [2.45, 2.75) is 51.1 Å². The van der Waals surface area contributed by atoms with Gasteiger partial charge in [0.25, 0.3) is 5.91 Å². The summed E-state index contributed by atoms with van der Waals surface area (Å²) < 4.78 is 5.35. The van der Waals surface area contributed by atoms with Gasteiger partial charge in [0, 0.05) is 72.8 Å². The average Bonchev–Trinajstić information content (AvgIpc) is 3.37. The van der Waals surface area contributed by atoms with Crippen molar-refractivity contribution in [2.24, 2.45) is 0 Å². The fraction of sp³-hybridized carbons (Fsp3) is 0.448. The van der Waals surface area contributed by atoms with Crippen molar-refractivity contribution >= 4 is 23.4 Å². The smallest absolute Gasteiger partial charge is 0.322 e. The van der Waals surface area contributed by atoms with E-state index in [1.165, 1.54) is 6.07 Å². The molecule has 1 saturated heterocycles. The van der Waals surface area contributed by atoms with Crippen LogP contribution in [0.3, 0.4) is 0 Å². The van der Waals surface area contributed by atoms with Gasteiger partial charge in [0.15, 0.2) is 0 Å². The second-order valence-electron chi connectivity index (χ2n) is 11.5. The van der Waals surface area contributed by atoms with Gasteiger partial charge in [-0.2, -0.15) is 5.10 Å². The zero-order chi connectivity index (χ0) is 28.0. The maximum Gasteiger partial charge on any atom is 0.322 e. The standard InChI is InChI=1S/C29H35N7O4/c1-29(2)17-35(16-20-15-30-33-26(20)29)27(38)19-13-24(32-25(37)14-19)34-9-7-21(8-10-34)36-11-6-18-12-22(40-3)4-5-23(18)31-28(36)39/h4-5,12-15,21H,6-11,16-17H2,1-3H3,(H,30,33)(H,31,39)(H,32,37). The molecule has 0 unspecified atom stereocenters. The van der Waals surface area contributed by atoms with E-state index in [9.17, 15) is 14.4 Å². The summed E-state index contributed by atoms with van der Waals surface area (Å²) in [7, 11) is 1.64. The number of hydrogen-bond acceptors (Lipinski definition) is 6. The van der Waals surface area contributed by atoms with Crippen molar-refractivity contribution in [3.8, 4) is 5.75 Å². The number of nitrogens with one attached hydrogen (secondary N) is 3. The number of ether oxygens (including phenoxy) is 1. The third-order valence-corrected chi connectivity index (χ3v) is 8.39. The first-order valence-corrected chi connectivity index (χ1v) is 13.8. The summed E-state index contributed by atoms with van der Waals surface area (Å²) in [5.41, 5.74) is 3.74. The van der Waals surface area contributed by atoms with Gasteiger partial charge in [-0.25, -0.2) is 4.79 Å². The van der Waals surface area contributed by atoms with Crippen LogP contribution in [0.25, 0.3) is 0 Å². The van der Waals surface area contributed by atoms with Gasteiger partial charge in [0.05, 0.1) is 13.3 Å². The molecule has 2 aromatic heterocycles. The monoisotopic (exact) mass is 545 g/mol. The van der Waals surface area contributed by atoms with E-state index >= 15 is 0 Å². The highest BCUT2D eigenvalue weighted by molar-refractivity contribution is 5.95. The van der Waals surface area contributed by atoms with Crippen molar-refractivity contribution in [2.75, 3.05) is 43.5 Å². The molecule has 3 aromatic rings. The van der Waals surface area contributed by atoms with Crippen LogP contribution in [0.4, 0.5) is 16.3 Å². The first-order chi connectivity index (χ1) is 19.2. The number of carbonyl (C=O) groups is 2. The number of aromatic nitrogens is 3. The predicted molar refractivity (Wildman–Crippen MR) is 151 cm³/mol. The van der Waals surface area contributed by atoms with Crippen LogP contribution in [0.1, 0.15) is 53.9 Å². The van der Waals surface area contributed by atoms with Crippen molar-refractivity contribution in [3.63, 3.8) is 0 Å². The van der Waals surface area contributed by atoms with Crippen molar-refractivity contribution in [1.82, 2.24) is 25.0 Å². The minimum absolute atomic E-state index is 0.0868. The number of fused-ring (bicyclic) bond motifs is 2. The fourth-order valence-electron chi connectivity index (χ4n) is 6.31. The van der Waals surface area contributed by atoms with Gasteiger partial charge in [-0.1, -0.05) is 13.8 Å². The van der Waals surface area contributed by atoms with E-state index in [1.807, 2.05) is 23.1 Å². The van der Waals surface area contributed by atoms with Gasteiger partial charge >= 0.3 is 6.03 Å². The second kappa shape index (κ2) is 10.0. The molecule has 0 radical (unpaired) electrons. The molecular weight excluding hydrogens is 510 g/mol. The van der Waals surface area contributed by atoms with Crippen molar-refractivity contribution < 1.29 is 14.3 Å². The van der Waals surface area contributed by atoms with E-state index in [4.69, 9.17) is 4.74 Å². The SMILES string of the molecule is COc1ccc2c(c1)CCN(C1CCN(c3cc(C(=O)N4Cc5cn[nH]c5C(C)(C)C4)cc(=O)[nH]3)CC1)C(=O)N2. The molecule has 3 aliphatic rings. The Kier molecular flexibility index (Phi) is 6.52. The molecule has 3 N–H and O–H groups in total. The summed E-state index contributed by atoms with van der Waals surface area (Å²) in [6.45, 7) is 7.10. The Hall–Kier alpha value is -4.28. The predicted octanol–water partition coefficient (Wildman–Crippen LogP) is 3.10. The average molecular weight is 546 g/mol. The van der Waals surface area contributed by atoms with E-state index < -0.39 is 0 Å². The van der Waals surface area contributed by atoms with Crippen LogP contribution in [0, 0.1) is 0 Å². The highest BCUT2D eigenvalue weighted by Gasteiger charge is 2.36. The Balaban J connectivity index is 1.13. The van der Waals surface area contributed by atoms with Crippen molar-refractivity contribution in [1.29, 1.82) is 0 Å². The van der Waals surface area contributed by atoms with Gasteiger partial charge in [0.1, 0.15) is 11.6 Å². The molecule has 0 saturated carbocycles. The number of carbonyl (C=O) groups excluding carboxylic acids is 2. The molecule has 5 heterocycles. The molecule has 0 spiro atoms. The Morgan fingerprint density at radius 2 is 1.88 bits per heavy atom. The molecule has 6 rings (SSSR count). The minimum Gasteiger partial charge on any atom is -0.497 e. The summed E-state index contributed by atoms with van der Waals surface area (Å²) >= 11 is 0. The van der Waals surface area contributed by atoms with Crippen LogP contribution in [-0.4, -0.2) is 76.3 Å². The summed E-state index contributed by atoms with van der Waals surface area (Å²) in [5, 5.41) is 10.3.